The van der Waals surface area contributed by atoms with Gasteiger partial charge in [-0.25, -0.2) is 0 Å². The van der Waals surface area contributed by atoms with Crippen molar-refractivity contribution in [2.75, 3.05) is 13.6 Å². The molecule has 0 atom stereocenters. The smallest absolute Gasteiger partial charge is 0.131 e. The molecule has 0 N–H and O–H groups in total. The molecule has 1 aromatic heterocycles. The van der Waals surface area contributed by atoms with Gasteiger partial charge in [0.25, 0.3) is 0 Å². The number of halogens is 1. The summed E-state index contributed by atoms with van der Waals surface area (Å²) in [5.41, 5.74) is 0. The Kier molecular flexibility index (Phi) is 4.58. The molecule has 0 saturated carbocycles. The van der Waals surface area contributed by atoms with Crippen molar-refractivity contribution in [3.05, 3.63) is 21.3 Å². The number of ketones is 1. The third-order valence-corrected chi connectivity index (χ3v) is 3.12. The lowest BCUT2D eigenvalue weighted by molar-refractivity contribution is -0.117. The second-order valence-corrected chi connectivity index (χ2v) is 5.20. The van der Waals surface area contributed by atoms with Crippen LogP contribution < -0.4 is 0 Å². The molecule has 1 aromatic rings. The van der Waals surface area contributed by atoms with Crippen LogP contribution in [0, 0.1) is 0 Å². The fourth-order valence-corrected chi connectivity index (χ4v) is 2.30. The second-order valence-electron chi connectivity index (χ2n) is 3.40. The maximum atomic E-state index is 10.8. The van der Waals surface area contributed by atoms with Crippen molar-refractivity contribution in [2.45, 2.75) is 19.9 Å². The number of nitrogens with zero attached hydrogens (tertiary/aromatic N) is 1. The summed E-state index contributed by atoms with van der Waals surface area (Å²) in [6, 6.07) is 3.93. The summed E-state index contributed by atoms with van der Waals surface area (Å²) in [6.07, 6.45) is 0.621. The zero-order valence-corrected chi connectivity index (χ0v) is 9.99. The lowest BCUT2D eigenvalue weighted by Crippen LogP contribution is -2.20. The molecular weight excluding hydrogens is 218 g/mol. The van der Waals surface area contributed by atoms with E-state index in [2.05, 4.69) is 4.90 Å². The largest absolute Gasteiger partial charge is 0.301 e. The summed E-state index contributed by atoms with van der Waals surface area (Å²) in [7, 11) is 2.01. The summed E-state index contributed by atoms with van der Waals surface area (Å²) in [4.78, 5) is 14.1. The Balaban J connectivity index is 2.33. The molecule has 1 heterocycles. The molecule has 2 nitrogen and oxygen atoms in total. The van der Waals surface area contributed by atoms with Crippen molar-refractivity contribution in [1.29, 1.82) is 0 Å². The molecule has 0 radical (unpaired) electrons. The molecule has 0 aliphatic heterocycles. The van der Waals surface area contributed by atoms with E-state index in [1.165, 1.54) is 4.88 Å². The van der Waals surface area contributed by atoms with Crippen LogP contribution in [0.15, 0.2) is 12.1 Å². The van der Waals surface area contributed by atoms with Crippen LogP contribution in [0.25, 0.3) is 0 Å². The van der Waals surface area contributed by atoms with Gasteiger partial charge in [0.1, 0.15) is 5.78 Å². The van der Waals surface area contributed by atoms with Crippen LogP contribution in [0.1, 0.15) is 18.2 Å². The van der Waals surface area contributed by atoms with Gasteiger partial charge in [-0.1, -0.05) is 11.6 Å². The van der Waals surface area contributed by atoms with Gasteiger partial charge in [-0.2, -0.15) is 0 Å². The number of hydrogen-bond acceptors (Lipinski definition) is 3. The van der Waals surface area contributed by atoms with Crippen LogP contribution in [-0.4, -0.2) is 24.3 Å². The molecule has 0 amide bonds. The molecule has 78 valence electrons. The molecule has 0 fully saturated rings. The van der Waals surface area contributed by atoms with Gasteiger partial charge in [-0.05, 0) is 26.1 Å². The lowest BCUT2D eigenvalue weighted by atomic mass is 10.3. The van der Waals surface area contributed by atoms with Crippen LogP contribution in [0.2, 0.25) is 4.34 Å². The van der Waals surface area contributed by atoms with Crippen LogP contribution >= 0.6 is 22.9 Å². The highest BCUT2D eigenvalue weighted by molar-refractivity contribution is 7.16. The number of hydrogen-bond donors (Lipinski definition) is 0. The average molecular weight is 232 g/mol. The zero-order chi connectivity index (χ0) is 10.6. The van der Waals surface area contributed by atoms with Crippen molar-refractivity contribution < 1.29 is 4.79 Å². The minimum Gasteiger partial charge on any atom is -0.301 e. The van der Waals surface area contributed by atoms with E-state index in [0.717, 1.165) is 17.4 Å². The van der Waals surface area contributed by atoms with Crippen LogP contribution in [0.3, 0.4) is 0 Å². The number of Topliss-reactive ketones (excluding diaryl/α,β-unsaturated/α-hetero) is 1. The molecule has 0 spiro atoms. The first-order valence-corrected chi connectivity index (χ1v) is 5.69. The summed E-state index contributed by atoms with van der Waals surface area (Å²) in [6.45, 7) is 3.30. The Labute approximate surface area is 93.5 Å². The molecule has 0 aromatic carbocycles. The fraction of sp³-hybridized carbons (Fsp3) is 0.500. The minimum atomic E-state index is 0.237. The molecule has 14 heavy (non-hydrogen) atoms. The zero-order valence-electron chi connectivity index (χ0n) is 8.42. The van der Waals surface area contributed by atoms with Gasteiger partial charge in [0.2, 0.25) is 0 Å². The summed E-state index contributed by atoms with van der Waals surface area (Å²) >= 11 is 7.41. The average Bonchev–Trinajstić information content (AvgIpc) is 2.48. The van der Waals surface area contributed by atoms with Gasteiger partial charge in [0.05, 0.1) is 4.34 Å². The number of carbonyl (C=O) groups is 1. The van der Waals surface area contributed by atoms with Crippen molar-refractivity contribution in [3.8, 4) is 0 Å². The van der Waals surface area contributed by atoms with Crippen LogP contribution in [0.4, 0.5) is 0 Å². The fourth-order valence-electron chi connectivity index (χ4n) is 1.13. The SMILES string of the molecule is CC(=O)CCN(C)Cc1ccc(Cl)s1. The minimum absolute atomic E-state index is 0.237. The van der Waals surface area contributed by atoms with Gasteiger partial charge in [-0.3, -0.25) is 4.79 Å². The van der Waals surface area contributed by atoms with Gasteiger partial charge in [0.15, 0.2) is 0 Å². The van der Waals surface area contributed by atoms with Crippen molar-refractivity contribution in [2.24, 2.45) is 0 Å². The highest BCUT2D eigenvalue weighted by atomic mass is 35.5. The van der Waals surface area contributed by atoms with Gasteiger partial charge < -0.3 is 4.90 Å². The number of rotatable bonds is 5. The third-order valence-electron chi connectivity index (χ3n) is 1.90. The Morgan fingerprint density at radius 1 is 1.57 bits per heavy atom. The first kappa shape index (κ1) is 11.7. The maximum Gasteiger partial charge on any atom is 0.131 e. The summed E-state index contributed by atoms with van der Waals surface area (Å²) in [5.74, 6) is 0.237. The van der Waals surface area contributed by atoms with E-state index in [9.17, 15) is 4.79 Å². The predicted molar refractivity (Wildman–Crippen MR) is 61.0 cm³/mol. The Morgan fingerprint density at radius 3 is 2.79 bits per heavy atom. The van der Waals surface area contributed by atoms with E-state index >= 15 is 0 Å². The Hall–Kier alpha value is -0.380. The molecule has 0 aliphatic carbocycles. The molecule has 0 bridgehead atoms. The molecule has 4 heteroatoms. The van der Waals surface area contributed by atoms with E-state index in [-0.39, 0.29) is 5.78 Å². The standard InChI is InChI=1S/C10H14ClNOS/c1-8(13)5-6-12(2)7-9-3-4-10(11)14-9/h3-4H,5-7H2,1-2H3. The number of thiophene rings is 1. The Bertz CT molecular complexity index is 311. The normalized spacial score (nSPS) is 10.9. The monoisotopic (exact) mass is 231 g/mol. The highest BCUT2D eigenvalue weighted by Crippen LogP contribution is 2.22. The molecule has 0 aliphatic rings. The maximum absolute atomic E-state index is 10.8. The second kappa shape index (κ2) is 5.49. The highest BCUT2D eigenvalue weighted by Gasteiger charge is 2.03. The summed E-state index contributed by atoms with van der Waals surface area (Å²) < 4.78 is 0.819. The van der Waals surface area contributed by atoms with Gasteiger partial charge >= 0.3 is 0 Å². The lowest BCUT2D eigenvalue weighted by Gasteiger charge is -2.13. The van der Waals surface area contributed by atoms with Gasteiger partial charge in [0, 0.05) is 24.4 Å². The van der Waals surface area contributed by atoms with Crippen LogP contribution in [-0.2, 0) is 11.3 Å². The van der Waals surface area contributed by atoms with E-state index in [1.54, 1.807) is 18.3 Å². The number of carbonyl (C=O) groups excluding carboxylic acids is 1. The first-order chi connectivity index (χ1) is 6.58. The van der Waals surface area contributed by atoms with Gasteiger partial charge in [-0.15, -0.1) is 11.3 Å². The molecule has 0 unspecified atom stereocenters. The molecule has 1 rings (SSSR count). The first-order valence-electron chi connectivity index (χ1n) is 4.50. The van der Waals surface area contributed by atoms with Crippen LogP contribution in [0.5, 0.6) is 0 Å². The predicted octanol–water partition coefficient (Wildman–Crippen LogP) is 2.81. The topological polar surface area (TPSA) is 20.3 Å². The van der Waals surface area contributed by atoms with E-state index in [4.69, 9.17) is 11.6 Å². The quantitative estimate of drug-likeness (QED) is 0.777. The van der Waals surface area contributed by atoms with Crippen molar-refractivity contribution >= 4 is 28.7 Å². The molecular formula is C10H14ClNOS. The van der Waals surface area contributed by atoms with Crippen molar-refractivity contribution in [1.82, 2.24) is 4.90 Å². The van der Waals surface area contributed by atoms with E-state index in [1.807, 2.05) is 19.2 Å². The van der Waals surface area contributed by atoms with Crippen molar-refractivity contribution in [3.63, 3.8) is 0 Å². The van der Waals surface area contributed by atoms with E-state index in [0.29, 0.717) is 6.42 Å². The molecule has 0 saturated heterocycles. The summed E-state index contributed by atoms with van der Waals surface area (Å²) in [5, 5.41) is 0. The van der Waals surface area contributed by atoms with E-state index < -0.39 is 0 Å². The Morgan fingerprint density at radius 2 is 2.29 bits per heavy atom. The third kappa shape index (κ3) is 4.22.